The number of carbonyl (C=O) groups is 1. The number of nitrogens with one attached hydrogen (secondary N) is 1. The van der Waals surface area contributed by atoms with E-state index in [2.05, 4.69) is 10.3 Å². The lowest BCUT2D eigenvalue weighted by molar-refractivity contribution is 0.102. The molecule has 0 fully saturated rings. The number of anilines is 2. The highest BCUT2D eigenvalue weighted by molar-refractivity contribution is 7.22. The van der Waals surface area contributed by atoms with Crippen molar-refractivity contribution in [3.05, 3.63) is 45.9 Å². The molecule has 0 aliphatic carbocycles. The third-order valence-corrected chi connectivity index (χ3v) is 4.51. The second kappa shape index (κ2) is 6.23. The van der Waals surface area contributed by atoms with Crippen molar-refractivity contribution in [2.75, 3.05) is 18.2 Å². The number of nitrogen functional groups attached to an aromatic ring is 1. The molecule has 0 radical (unpaired) electrons. The van der Waals surface area contributed by atoms with E-state index in [9.17, 15) is 4.79 Å². The molecule has 0 aliphatic rings. The highest BCUT2D eigenvalue weighted by atomic mass is 35.5. The summed E-state index contributed by atoms with van der Waals surface area (Å²) in [7, 11) is 1.53. The molecule has 1 heterocycles. The van der Waals surface area contributed by atoms with E-state index in [-0.39, 0.29) is 10.9 Å². The number of methoxy groups -OCH3 is 1. The Labute approximate surface area is 146 Å². The maximum absolute atomic E-state index is 12.4. The number of fused-ring (bicyclic) bond motifs is 1. The van der Waals surface area contributed by atoms with E-state index in [1.807, 2.05) is 0 Å². The average Bonchev–Trinajstić information content (AvgIpc) is 2.86. The summed E-state index contributed by atoms with van der Waals surface area (Å²) >= 11 is 13.2. The van der Waals surface area contributed by atoms with E-state index in [1.54, 1.807) is 24.3 Å². The first-order valence-electron chi connectivity index (χ1n) is 6.48. The second-order valence-corrected chi connectivity index (χ2v) is 6.56. The topological polar surface area (TPSA) is 77.2 Å². The highest BCUT2D eigenvalue weighted by Gasteiger charge is 2.14. The first-order chi connectivity index (χ1) is 11.0. The highest BCUT2D eigenvalue weighted by Crippen LogP contribution is 2.34. The molecule has 3 rings (SSSR count). The van der Waals surface area contributed by atoms with Crippen molar-refractivity contribution in [1.82, 2.24) is 4.98 Å². The van der Waals surface area contributed by atoms with E-state index < -0.39 is 0 Å². The Morgan fingerprint density at radius 1 is 1.30 bits per heavy atom. The van der Waals surface area contributed by atoms with E-state index in [0.717, 1.165) is 4.70 Å². The van der Waals surface area contributed by atoms with Gasteiger partial charge in [-0.1, -0.05) is 34.5 Å². The molecule has 0 saturated heterocycles. The molecule has 0 bridgehead atoms. The Morgan fingerprint density at radius 2 is 2.09 bits per heavy atom. The van der Waals surface area contributed by atoms with Crippen molar-refractivity contribution in [2.24, 2.45) is 0 Å². The van der Waals surface area contributed by atoms with Gasteiger partial charge in [0.1, 0.15) is 11.3 Å². The zero-order valence-corrected chi connectivity index (χ0v) is 14.2. The summed E-state index contributed by atoms with van der Waals surface area (Å²) in [5, 5.41) is 3.97. The number of hydrogen-bond donors (Lipinski definition) is 2. The monoisotopic (exact) mass is 367 g/mol. The van der Waals surface area contributed by atoms with Crippen LogP contribution in [-0.2, 0) is 0 Å². The van der Waals surface area contributed by atoms with Crippen LogP contribution in [0.4, 0.5) is 10.8 Å². The lowest BCUT2D eigenvalue weighted by atomic mass is 10.2. The Hall–Kier alpha value is -2.02. The summed E-state index contributed by atoms with van der Waals surface area (Å²) < 4.78 is 6.12. The predicted octanol–water partition coefficient (Wildman–Crippen LogP) is 4.45. The molecule has 2 aromatic carbocycles. The third kappa shape index (κ3) is 3.19. The lowest BCUT2D eigenvalue weighted by Gasteiger charge is -2.09. The van der Waals surface area contributed by atoms with Gasteiger partial charge in [0.2, 0.25) is 0 Å². The molecule has 0 spiro atoms. The number of hydrogen-bond acceptors (Lipinski definition) is 5. The van der Waals surface area contributed by atoms with Crippen LogP contribution in [0.1, 0.15) is 10.4 Å². The van der Waals surface area contributed by atoms with Gasteiger partial charge in [0.15, 0.2) is 5.13 Å². The summed E-state index contributed by atoms with van der Waals surface area (Å²) in [4.78, 5) is 16.6. The lowest BCUT2D eigenvalue weighted by Crippen LogP contribution is -2.12. The number of rotatable bonds is 3. The molecule has 3 aromatic rings. The predicted molar refractivity (Wildman–Crippen MR) is 95.0 cm³/mol. The average molecular weight is 368 g/mol. The van der Waals surface area contributed by atoms with E-state index in [1.165, 1.54) is 24.5 Å². The Kier molecular flexibility index (Phi) is 4.30. The van der Waals surface area contributed by atoms with Crippen molar-refractivity contribution in [1.29, 1.82) is 0 Å². The summed E-state index contributed by atoms with van der Waals surface area (Å²) in [5.41, 5.74) is 7.29. The molecule has 23 heavy (non-hydrogen) atoms. The fourth-order valence-electron chi connectivity index (χ4n) is 2.12. The van der Waals surface area contributed by atoms with E-state index in [0.29, 0.717) is 32.7 Å². The smallest absolute Gasteiger partial charge is 0.257 e. The van der Waals surface area contributed by atoms with Crippen LogP contribution in [-0.4, -0.2) is 18.0 Å². The van der Waals surface area contributed by atoms with Crippen molar-refractivity contribution >= 4 is 61.5 Å². The van der Waals surface area contributed by atoms with Gasteiger partial charge in [0, 0.05) is 16.8 Å². The summed E-state index contributed by atoms with van der Waals surface area (Å²) in [6.07, 6.45) is 0. The minimum absolute atomic E-state index is 0.282. The SMILES string of the molecule is COc1cc(NC(=O)c2ccc(Cl)cc2Cl)cc2sc(N)nc12. The number of benzene rings is 2. The van der Waals surface area contributed by atoms with Crippen LogP contribution in [0.2, 0.25) is 10.0 Å². The van der Waals surface area contributed by atoms with Crippen molar-refractivity contribution < 1.29 is 9.53 Å². The van der Waals surface area contributed by atoms with Crippen LogP contribution in [0, 0.1) is 0 Å². The fourth-order valence-corrected chi connectivity index (χ4v) is 3.40. The molecule has 0 aliphatic heterocycles. The van der Waals surface area contributed by atoms with Crippen molar-refractivity contribution in [3.63, 3.8) is 0 Å². The summed E-state index contributed by atoms with van der Waals surface area (Å²) in [6, 6.07) is 8.17. The number of carbonyl (C=O) groups excluding carboxylic acids is 1. The number of nitrogens with zero attached hydrogens (tertiary/aromatic N) is 1. The van der Waals surface area contributed by atoms with Crippen LogP contribution >= 0.6 is 34.5 Å². The summed E-state index contributed by atoms with van der Waals surface area (Å²) in [6.45, 7) is 0. The number of aromatic nitrogens is 1. The summed E-state index contributed by atoms with van der Waals surface area (Å²) in [5.74, 6) is 0.193. The van der Waals surface area contributed by atoms with Crippen LogP contribution in [0.15, 0.2) is 30.3 Å². The van der Waals surface area contributed by atoms with Crippen LogP contribution in [0.25, 0.3) is 10.2 Å². The molecule has 3 N–H and O–H groups in total. The van der Waals surface area contributed by atoms with E-state index >= 15 is 0 Å². The van der Waals surface area contributed by atoms with Gasteiger partial charge in [-0.3, -0.25) is 4.79 Å². The largest absolute Gasteiger partial charge is 0.494 e. The second-order valence-electron chi connectivity index (χ2n) is 4.66. The van der Waals surface area contributed by atoms with Gasteiger partial charge in [-0.15, -0.1) is 0 Å². The number of nitrogens with two attached hydrogens (primary N) is 1. The molecule has 1 amide bonds. The standard InChI is InChI=1S/C15H11Cl2N3O2S/c1-22-11-5-8(6-12-13(11)20-15(18)23-12)19-14(21)9-3-2-7(16)4-10(9)17/h2-6H,1H3,(H2,18,20)(H,19,21). The fraction of sp³-hybridized carbons (Fsp3) is 0.0667. The Balaban J connectivity index is 1.96. The molecule has 5 nitrogen and oxygen atoms in total. The van der Waals surface area contributed by atoms with Gasteiger partial charge in [-0.25, -0.2) is 4.98 Å². The zero-order valence-electron chi connectivity index (χ0n) is 11.9. The van der Waals surface area contributed by atoms with Gasteiger partial charge < -0.3 is 15.8 Å². The third-order valence-electron chi connectivity index (χ3n) is 3.13. The van der Waals surface area contributed by atoms with Gasteiger partial charge >= 0.3 is 0 Å². The molecular weight excluding hydrogens is 357 g/mol. The number of halogens is 2. The quantitative estimate of drug-likeness (QED) is 0.716. The number of ether oxygens (including phenoxy) is 1. The first kappa shape index (κ1) is 15.9. The Bertz CT molecular complexity index is 911. The maximum Gasteiger partial charge on any atom is 0.257 e. The molecule has 1 aromatic heterocycles. The Morgan fingerprint density at radius 3 is 2.78 bits per heavy atom. The normalized spacial score (nSPS) is 10.7. The van der Waals surface area contributed by atoms with Crippen molar-refractivity contribution in [3.8, 4) is 5.75 Å². The molecule has 0 saturated carbocycles. The molecule has 0 atom stereocenters. The molecule has 0 unspecified atom stereocenters. The van der Waals surface area contributed by atoms with Gasteiger partial charge in [-0.05, 0) is 24.3 Å². The molecule has 8 heteroatoms. The minimum Gasteiger partial charge on any atom is -0.494 e. The van der Waals surface area contributed by atoms with Crippen LogP contribution in [0.3, 0.4) is 0 Å². The van der Waals surface area contributed by atoms with Crippen LogP contribution < -0.4 is 15.8 Å². The number of thiazole rings is 1. The number of amides is 1. The molecule has 118 valence electrons. The van der Waals surface area contributed by atoms with Crippen LogP contribution in [0.5, 0.6) is 5.75 Å². The molecular formula is C15H11Cl2N3O2S. The van der Waals surface area contributed by atoms with E-state index in [4.69, 9.17) is 33.7 Å². The maximum atomic E-state index is 12.4. The van der Waals surface area contributed by atoms with Gasteiger partial charge in [0.25, 0.3) is 5.91 Å². The van der Waals surface area contributed by atoms with Gasteiger partial charge in [0.05, 0.1) is 22.4 Å². The minimum atomic E-state index is -0.342. The first-order valence-corrected chi connectivity index (χ1v) is 8.05. The zero-order chi connectivity index (χ0) is 16.6. The van der Waals surface area contributed by atoms with Gasteiger partial charge in [-0.2, -0.15) is 0 Å². The van der Waals surface area contributed by atoms with Crippen molar-refractivity contribution in [2.45, 2.75) is 0 Å².